The van der Waals surface area contributed by atoms with Crippen molar-refractivity contribution in [2.75, 3.05) is 18.0 Å². The molecule has 1 atom stereocenters. The van der Waals surface area contributed by atoms with Gasteiger partial charge in [-0.3, -0.25) is 9.58 Å². The highest BCUT2D eigenvalue weighted by Gasteiger charge is 2.32. The topological polar surface area (TPSA) is 115 Å². The molecule has 0 aliphatic carbocycles. The summed E-state index contributed by atoms with van der Waals surface area (Å²) in [5, 5.41) is 14.9. The number of nitrogens with one attached hydrogen (secondary N) is 1. The maximum Gasteiger partial charge on any atom is 0.414 e. The highest BCUT2D eigenvalue weighted by molar-refractivity contribution is 5.90. The second-order valence-corrected chi connectivity index (χ2v) is 6.41. The van der Waals surface area contributed by atoms with Crippen LogP contribution in [0, 0.1) is 5.82 Å². The van der Waals surface area contributed by atoms with E-state index >= 15 is 0 Å². The van der Waals surface area contributed by atoms with Crippen LogP contribution in [0.3, 0.4) is 0 Å². The van der Waals surface area contributed by atoms with Crippen LogP contribution in [0.4, 0.5) is 19.7 Å². The number of nitrogens with zero attached hydrogens (tertiary/aromatic N) is 5. The molecular weight excluding hydrogens is 383 g/mol. The third-order valence-corrected chi connectivity index (χ3v) is 4.40. The lowest BCUT2D eigenvalue weighted by atomic mass is 10.2. The molecule has 2 aromatic heterocycles. The Labute approximate surface area is 164 Å². The predicted octanol–water partition coefficient (Wildman–Crippen LogP) is 1.85. The summed E-state index contributed by atoms with van der Waals surface area (Å²) in [4.78, 5) is 28.1. The summed E-state index contributed by atoms with van der Waals surface area (Å²) >= 11 is 0. The van der Waals surface area contributed by atoms with Crippen molar-refractivity contribution in [2.45, 2.75) is 12.6 Å². The van der Waals surface area contributed by atoms with Crippen molar-refractivity contribution in [3.05, 3.63) is 60.7 Å². The minimum Gasteiger partial charge on any atom is -0.465 e. The molecule has 4 rings (SSSR count). The predicted molar refractivity (Wildman–Crippen MR) is 98.5 cm³/mol. The monoisotopic (exact) mass is 400 g/mol. The second-order valence-electron chi connectivity index (χ2n) is 6.41. The molecule has 3 aromatic rings. The molecule has 3 heterocycles. The molecule has 1 fully saturated rings. The number of carbonyl (C=O) groups excluding carboxylic acids is 1. The van der Waals surface area contributed by atoms with Crippen LogP contribution < -0.4 is 10.2 Å². The van der Waals surface area contributed by atoms with E-state index in [9.17, 15) is 14.0 Å². The van der Waals surface area contributed by atoms with Gasteiger partial charge in [-0.15, -0.1) is 0 Å². The molecule has 0 spiro atoms. The first kappa shape index (κ1) is 18.5. The van der Waals surface area contributed by atoms with Crippen LogP contribution in [0.25, 0.3) is 5.69 Å². The summed E-state index contributed by atoms with van der Waals surface area (Å²) in [6, 6.07) is 6.18. The van der Waals surface area contributed by atoms with Gasteiger partial charge in [0.05, 0.1) is 43.0 Å². The zero-order valence-electron chi connectivity index (χ0n) is 15.1. The van der Waals surface area contributed by atoms with Crippen molar-refractivity contribution in [1.82, 2.24) is 24.6 Å². The molecule has 2 N–H and O–H groups in total. The van der Waals surface area contributed by atoms with E-state index in [1.165, 1.54) is 17.3 Å². The molecule has 0 radical (unpaired) electrons. The van der Waals surface area contributed by atoms with Gasteiger partial charge in [0.15, 0.2) is 0 Å². The van der Waals surface area contributed by atoms with Crippen LogP contribution >= 0.6 is 0 Å². The van der Waals surface area contributed by atoms with Gasteiger partial charge in [-0.2, -0.15) is 5.10 Å². The lowest BCUT2D eigenvalue weighted by molar-refractivity contribution is 0.136. The maximum absolute atomic E-state index is 14.7. The number of carboxylic acid groups (broad SMARTS) is 1. The Hall–Kier alpha value is -3.89. The number of cyclic esters (lactones) is 1. The van der Waals surface area contributed by atoms with Crippen molar-refractivity contribution in [2.24, 2.45) is 0 Å². The average Bonchev–Trinajstić information content (AvgIpc) is 3.42. The third-order valence-electron chi connectivity index (χ3n) is 4.40. The number of anilines is 1. The zero-order chi connectivity index (χ0) is 20.4. The van der Waals surface area contributed by atoms with Crippen LogP contribution in [0.1, 0.15) is 5.69 Å². The van der Waals surface area contributed by atoms with E-state index in [1.807, 2.05) is 6.20 Å². The summed E-state index contributed by atoms with van der Waals surface area (Å²) in [7, 11) is 0. The Morgan fingerprint density at radius 3 is 3.00 bits per heavy atom. The van der Waals surface area contributed by atoms with Crippen molar-refractivity contribution < 1.29 is 23.8 Å². The largest absolute Gasteiger partial charge is 0.465 e. The van der Waals surface area contributed by atoms with E-state index in [0.29, 0.717) is 17.9 Å². The van der Waals surface area contributed by atoms with Crippen molar-refractivity contribution in [3.63, 3.8) is 0 Å². The fourth-order valence-corrected chi connectivity index (χ4v) is 3.05. The number of benzene rings is 1. The van der Waals surface area contributed by atoms with Gasteiger partial charge in [0.2, 0.25) is 0 Å². The fraction of sp³-hybridized carbons (Fsp3) is 0.222. The second kappa shape index (κ2) is 7.62. The highest BCUT2D eigenvalue weighted by Crippen LogP contribution is 2.25. The van der Waals surface area contributed by atoms with Gasteiger partial charge in [0.1, 0.15) is 11.9 Å². The highest BCUT2D eigenvalue weighted by atomic mass is 19.1. The number of aromatic nitrogens is 4. The normalized spacial score (nSPS) is 16.1. The molecule has 0 saturated carbocycles. The standard InChI is InChI=1S/C18H17FN6O4/c19-15-6-13(25-10-14(29-18(25)28)7-20-17(26)27)2-3-16(15)23-8-12(21-11-23)9-24-5-1-4-22-24/h1-6,8,11,14,20H,7,9-10H2,(H,26,27). The van der Waals surface area contributed by atoms with Crippen LogP contribution in [-0.2, 0) is 11.3 Å². The Morgan fingerprint density at radius 1 is 1.41 bits per heavy atom. The summed E-state index contributed by atoms with van der Waals surface area (Å²) in [6.07, 6.45) is 4.19. The van der Waals surface area contributed by atoms with Gasteiger partial charge in [-0.25, -0.2) is 19.0 Å². The number of ether oxygens (including phenoxy) is 1. The number of hydrogen-bond donors (Lipinski definition) is 2. The molecule has 29 heavy (non-hydrogen) atoms. The van der Waals surface area contributed by atoms with E-state index in [2.05, 4.69) is 15.4 Å². The summed E-state index contributed by atoms with van der Waals surface area (Å²) in [6.45, 7) is 0.550. The molecular formula is C18H17FN6O4. The zero-order valence-corrected chi connectivity index (χ0v) is 15.1. The molecule has 1 aliphatic rings. The number of hydrogen-bond acceptors (Lipinski definition) is 5. The maximum atomic E-state index is 14.7. The van der Waals surface area contributed by atoms with Crippen molar-refractivity contribution in [3.8, 4) is 5.69 Å². The molecule has 10 nitrogen and oxygen atoms in total. The molecule has 1 aliphatic heterocycles. The van der Waals surface area contributed by atoms with Gasteiger partial charge in [0.25, 0.3) is 0 Å². The molecule has 1 saturated heterocycles. The molecule has 1 unspecified atom stereocenters. The first-order chi connectivity index (χ1) is 14.0. The van der Waals surface area contributed by atoms with E-state index in [4.69, 9.17) is 9.84 Å². The summed E-state index contributed by atoms with van der Waals surface area (Å²) < 4.78 is 23.1. The van der Waals surface area contributed by atoms with E-state index in [0.717, 1.165) is 0 Å². The first-order valence-corrected chi connectivity index (χ1v) is 8.75. The first-order valence-electron chi connectivity index (χ1n) is 8.75. The molecule has 150 valence electrons. The minimum absolute atomic E-state index is 0.0355. The molecule has 0 bridgehead atoms. The smallest absolute Gasteiger partial charge is 0.414 e. The van der Waals surface area contributed by atoms with Gasteiger partial charge in [-0.05, 0) is 24.3 Å². The minimum atomic E-state index is -1.21. The Kier molecular flexibility index (Phi) is 4.85. The fourth-order valence-electron chi connectivity index (χ4n) is 3.05. The number of rotatable bonds is 6. The lowest BCUT2D eigenvalue weighted by Gasteiger charge is -2.14. The summed E-state index contributed by atoms with van der Waals surface area (Å²) in [5.41, 5.74) is 1.32. The lowest BCUT2D eigenvalue weighted by Crippen LogP contribution is -2.33. The number of imidazole rings is 1. The number of carbonyl (C=O) groups is 2. The number of amides is 2. The van der Waals surface area contributed by atoms with Crippen molar-refractivity contribution >= 4 is 17.9 Å². The van der Waals surface area contributed by atoms with Gasteiger partial charge < -0.3 is 19.7 Å². The molecule has 2 amide bonds. The Bertz CT molecular complexity index is 1030. The molecule has 11 heteroatoms. The van der Waals surface area contributed by atoms with E-state index in [1.54, 1.807) is 39.8 Å². The third kappa shape index (κ3) is 4.03. The average molecular weight is 400 g/mol. The Morgan fingerprint density at radius 2 is 2.28 bits per heavy atom. The van der Waals surface area contributed by atoms with Crippen LogP contribution in [0.2, 0.25) is 0 Å². The SMILES string of the molecule is O=C(O)NCC1CN(c2ccc(-n3cnc(Cn4cccn4)c3)c(F)c2)C(=O)O1. The van der Waals surface area contributed by atoms with E-state index in [-0.39, 0.29) is 18.8 Å². The van der Waals surface area contributed by atoms with Gasteiger partial charge in [0, 0.05) is 18.6 Å². The molecule has 1 aromatic carbocycles. The number of halogens is 1. The van der Waals surface area contributed by atoms with Gasteiger partial charge >= 0.3 is 12.2 Å². The summed E-state index contributed by atoms with van der Waals surface area (Å²) in [5.74, 6) is -0.537. The van der Waals surface area contributed by atoms with Crippen LogP contribution in [0.5, 0.6) is 0 Å². The van der Waals surface area contributed by atoms with Crippen LogP contribution in [-0.4, -0.2) is 55.8 Å². The van der Waals surface area contributed by atoms with Crippen molar-refractivity contribution in [1.29, 1.82) is 0 Å². The van der Waals surface area contributed by atoms with E-state index < -0.39 is 24.1 Å². The Balaban J connectivity index is 1.48. The quantitative estimate of drug-likeness (QED) is 0.653. The van der Waals surface area contributed by atoms with Gasteiger partial charge in [-0.1, -0.05) is 0 Å². The van der Waals surface area contributed by atoms with Crippen LogP contribution in [0.15, 0.2) is 49.2 Å².